The minimum absolute atomic E-state index is 0.359. The highest BCUT2D eigenvalue weighted by atomic mass is 79.9. The average Bonchev–Trinajstić information content (AvgIpc) is 3.01. The summed E-state index contributed by atoms with van der Waals surface area (Å²) in [6, 6.07) is 6.49. The Morgan fingerprint density at radius 1 is 1.06 bits per heavy atom. The first-order valence-corrected chi connectivity index (χ1v) is 12.5. The van der Waals surface area contributed by atoms with Crippen molar-refractivity contribution < 1.29 is 14.3 Å². The Hall–Kier alpha value is -1.50. The molecule has 1 aliphatic rings. The highest BCUT2D eigenvalue weighted by Crippen LogP contribution is 2.37. The van der Waals surface area contributed by atoms with Gasteiger partial charge in [0.1, 0.15) is 5.65 Å². The third-order valence-corrected chi connectivity index (χ3v) is 6.97. The lowest BCUT2D eigenvalue weighted by Gasteiger charge is -2.34. The Bertz CT molecular complexity index is 1080. The van der Waals surface area contributed by atoms with Gasteiger partial charge in [-0.3, -0.25) is 0 Å². The van der Waals surface area contributed by atoms with Crippen LogP contribution in [0.5, 0.6) is 0 Å². The van der Waals surface area contributed by atoms with E-state index in [4.69, 9.17) is 19.3 Å². The zero-order valence-corrected chi connectivity index (χ0v) is 20.9. The maximum atomic E-state index is 9.02. The summed E-state index contributed by atoms with van der Waals surface area (Å²) in [4.78, 5) is 25.4. The highest BCUT2D eigenvalue weighted by molar-refractivity contribution is 9.10. The van der Waals surface area contributed by atoms with E-state index in [1.54, 1.807) is 0 Å². The highest BCUT2D eigenvalue weighted by Gasteiger charge is 2.24. The lowest BCUT2D eigenvalue weighted by atomic mass is 9.97. The van der Waals surface area contributed by atoms with E-state index in [1.165, 1.54) is 33.5 Å². The first kappa shape index (κ1) is 22.7. The molecule has 0 bridgehead atoms. The molecule has 0 atom stereocenters. The first-order chi connectivity index (χ1) is 14.7. The Morgan fingerprint density at radius 3 is 2.32 bits per heavy atom. The van der Waals surface area contributed by atoms with Gasteiger partial charge < -0.3 is 23.8 Å². The number of aromatic nitrogens is 2. The molecule has 2 aromatic heterocycles. The summed E-state index contributed by atoms with van der Waals surface area (Å²) in [5.74, 6) is 0.359. The van der Waals surface area contributed by atoms with Crippen LogP contribution in [0.25, 0.3) is 16.7 Å². The van der Waals surface area contributed by atoms with Crippen LogP contribution in [0, 0.1) is 33.6 Å². The van der Waals surface area contributed by atoms with E-state index in [-0.39, 0.29) is 0 Å². The molecular weight excluding hydrogens is 477 g/mol. The predicted octanol–water partition coefficient (Wildman–Crippen LogP) is 5.47. The summed E-state index contributed by atoms with van der Waals surface area (Å²) in [6.45, 7) is 10.8. The van der Waals surface area contributed by atoms with Gasteiger partial charge in [0, 0.05) is 40.5 Å². The van der Waals surface area contributed by atoms with E-state index >= 15 is 0 Å². The number of nitrogens with zero attached hydrogens (tertiary/aromatic N) is 3. The molecule has 31 heavy (non-hydrogen) atoms. The van der Waals surface area contributed by atoms with Gasteiger partial charge in [-0.15, -0.1) is 0 Å². The number of rotatable bonds is 5. The molecule has 1 saturated heterocycles. The minimum Gasteiger partial charge on any atom is -0.371 e. The summed E-state index contributed by atoms with van der Waals surface area (Å²) in [7, 11) is -2.27. The Morgan fingerprint density at radius 2 is 1.71 bits per heavy atom. The van der Waals surface area contributed by atoms with Crippen LogP contribution < -0.4 is 4.90 Å². The molecule has 2 N–H and O–H groups in total. The van der Waals surface area contributed by atoms with Crippen molar-refractivity contribution >= 4 is 41.3 Å². The molecule has 0 aliphatic carbocycles. The quantitative estimate of drug-likeness (QED) is 0.450. The second-order valence-corrected chi connectivity index (χ2v) is 10.2. The minimum atomic E-state index is -2.27. The number of hydrogen-bond donors (Lipinski definition) is 2. The summed E-state index contributed by atoms with van der Waals surface area (Å²) in [5, 5.41) is 1.20. The van der Waals surface area contributed by atoms with Crippen molar-refractivity contribution in [2.45, 2.75) is 40.5 Å². The SMILES string of the molecule is Cc1cc(N2CCC(COP(O)O)CC2)c2c(C)cn(-c3c(C)cc(Br)cc3C)c2n1. The van der Waals surface area contributed by atoms with Crippen LogP contribution in [0.4, 0.5) is 5.69 Å². The number of hydrogen-bond acceptors (Lipinski definition) is 5. The number of benzene rings is 1. The normalized spacial score (nSPS) is 15.4. The van der Waals surface area contributed by atoms with Gasteiger partial charge in [0.05, 0.1) is 12.3 Å². The maximum Gasteiger partial charge on any atom is 0.327 e. The molecule has 166 valence electrons. The summed E-state index contributed by atoms with van der Waals surface area (Å²) >= 11 is 3.61. The van der Waals surface area contributed by atoms with Crippen molar-refractivity contribution in [2.24, 2.45) is 5.92 Å². The van der Waals surface area contributed by atoms with E-state index < -0.39 is 8.60 Å². The molecule has 0 radical (unpaired) electrons. The van der Waals surface area contributed by atoms with E-state index in [0.29, 0.717) is 12.5 Å². The van der Waals surface area contributed by atoms with Gasteiger partial charge in [0.25, 0.3) is 0 Å². The van der Waals surface area contributed by atoms with Gasteiger partial charge in [-0.1, -0.05) is 15.9 Å². The van der Waals surface area contributed by atoms with Crippen molar-refractivity contribution in [1.29, 1.82) is 0 Å². The second-order valence-electron chi connectivity index (χ2n) is 8.53. The molecule has 0 amide bonds. The lowest BCUT2D eigenvalue weighted by Crippen LogP contribution is -2.35. The van der Waals surface area contributed by atoms with Crippen molar-refractivity contribution in [3.8, 4) is 5.69 Å². The molecule has 3 aromatic rings. The van der Waals surface area contributed by atoms with Crippen molar-refractivity contribution in [3.05, 3.63) is 51.3 Å². The third kappa shape index (κ3) is 4.67. The largest absolute Gasteiger partial charge is 0.371 e. The second kappa shape index (κ2) is 9.16. The van der Waals surface area contributed by atoms with Gasteiger partial charge in [-0.05, 0) is 81.3 Å². The van der Waals surface area contributed by atoms with Gasteiger partial charge >= 0.3 is 8.60 Å². The number of fused-ring (bicyclic) bond motifs is 1. The van der Waals surface area contributed by atoms with Crippen LogP contribution in [0.2, 0.25) is 0 Å². The van der Waals surface area contributed by atoms with Crippen molar-refractivity contribution in [2.75, 3.05) is 24.6 Å². The summed E-state index contributed by atoms with van der Waals surface area (Å²) < 4.78 is 8.38. The first-order valence-electron chi connectivity index (χ1n) is 10.6. The van der Waals surface area contributed by atoms with Crippen LogP contribution in [-0.2, 0) is 4.52 Å². The predicted molar refractivity (Wildman–Crippen MR) is 130 cm³/mol. The van der Waals surface area contributed by atoms with E-state index in [1.807, 2.05) is 0 Å². The monoisotopic (exact) mass is 505 g/mol. The molecule has 0 saturated carbocycles. The topological polar surface area (TPSA) is 70.8 Å². The van der Waals surface area contributed by atoms with Crippen LogP contribution >= 0.6 is 24.5 Å². The summed E-state index contributed by atoms with van der Waals surface area (Å²) in [6.07, 6.45) is 4.14. The van der Waals surface area contributed by atoms with Crippen LogP contribution in [0.1, 0.15) is 35.2 Å². The number of anilines is 1. The Kier molecular flexibility index (Phi) is 6.71. The zero-order valence-electron chi connectivity index (χ0n) is 18.4. The smallest absolute Gasteiger partial charge is 0.327 e. The van der Waals surface area contributed by atoms with E-state index in [2.05, 4.69) is 77.5 Å². The number of pyridine rings is 1. The Labute approximate surface area is 193 Å². The standard InChI is InChI=1S/C23H29BrN3O3P/c1-14-9-19(24)10-15(2)22(14)27-12-16(3)21-20(11-17(4)25-23(21)27)26-7-5-18(6-8-26)13-30-31(28)29/h9-12,18,28-29H,5-8,13H2,1-4H3. The molecule has 1 aromatic carbocycles. The fraction of sp³-hybridized carbons (Fsp3) is 0.435. The van der Waals surface area contributed by atoms with E-state index in [9.17, 15) is 0 Å². The van der Waals surface area contributed by atoms with Gasteiger partial charge in [0.2, 0.25) is 0 Å². The van der Waals surface area contributed by atoms with Crippen LogP contribution in [0.3, 0.4) is 0 Å². The number of piperidine rings is 1. The average molecular weight is 506 g/mol. The van der Waals surface area contributed by atoms with Crippen molar-refractivity contribution in [3.63, 3.8) is 0 Å². The van der Waals surface area contributed by atoms with Gasteiger partial charge in [-0.2, -0.15) is 0 Å². The molecule has 8 heteroatoms. The third-order valence-electron chi connectivity index (χ3n) is 6.13. The van der Waals surface area contributed by atoms with Gasteiger partial charge in [0.15, 0.2) is 0 Å². The fourth-order valence-electron chi connectivity index (χ4n) is 4.73. The van der Waals surface area contributed by atoms with Gasteiger partial charge in [-0.25, -0.2) is 4.98 Å². The molecule has 4 rings (SSSR count). The van der Waals surface area contributed by atoms with Crippen molar-refractivity contribution in [1.82, 2.24) is 9.55 Å². The number of aryl methyl sites for hydroxylation is 4. The molecule has 0 spiro atoms. The molecule has 3 heterocycles. The fourth-order valence-corrected chi connectivity index (χ4v) is 5.76. The molecule has 0 unspecified atom stereocenters. The maximum absolute atomic E-state index is 9.02. The summed E-state index contributed by atoms with van der Waals surface area (Å²) in [5.41, 5.74) is 8.06. The lowest BCUT2D eigenvalue weighted by molar-refractivity contribution is 0.194. The molecule has 6 nitrogen and oxygen atoms in total. The molecule has 1 fully saturated rings. The van der Waals surface area contributed by atoms with E-state index in [0.717, 1.165) is 41.7 Å². The molecular formula is C23H29BrN3O3P. The Balaban J connectivity index is 1.72. The van der Waals surface area contributed by atoms with Crippen LogP contribution in [-0.4, -0.2) is 39.0 Å². The molecule has 1 aliphatic heterocycles. The number of halogens is 1. The zero-order chi connectivity index (χ0) is 22.3. The van der Waals surface area contributed by atoms with Crippen LogP contribution in [0.15, 0.2) is 28.9 Å².